The summed E-state index contributed by atoms with van der Waals surface area (Å²) in [4.78, 5) is 44.6. The number of Topliss-reactive ketones (excluding diaryl/α,β-unsaturated/α-hetero) is 1. The quantitative estimate of drug-likeness (QED) is 0.340. The number of ether oxygens (including phenoxy) is 1. The molecule has 2 aliphatic rings. The zero-order valence-electron chi connectivity index (χ0n) is 21.1. The maximum atomic E-state index is 13.5. The van der Waals surface area contributed by atoms with E-state index in [1.165, 1.54) is 17.0 Å². The highest BCUT2D eigenvalue weighted by atomic mass is 32.2. The summed E-state index contributed by atoms with van der Waals surface area (Å²) in [6.07, 6.45) is 4.05. The van der Waals surface area contributed by atoms with Gasteiger partial charge in [-0.25, -0.2) is 13.2 Å². The van der Waals surface area contributed by atoms with Crippen molar-refractivity contribution in [2.75, 3.05) is 13.1 Å². The Morgan fingerprint density at radius 3 is 2.85 bits per heavy atom. The van der Waals surface area contributed by atoms with Crippen molar-refractivity contribution in [1.29, 1.82) is 0 Å². The minimum Gasteiger partial charge on any atom is -0.619 e. The third-order valence-corrected chi connectivity index (χ3v) is 8.82. The molecular formula is C26H27N5O7S. The van der Waals surface area contributed by atoms with Crippen LogP contribution in [-0.4, -0.2) is 71.6 Å². The molecule has 0 bridgehead atoms. The summed E-state index contributed by atoms with van der Waals surface area (Å²) < 4.78 is 33.3. The Morgan fingerprint density at radius 1 is 1.26 bits per heavy atom. The standard InChI is InChI=1S/C26H27N5O7S/c1-2-5-21(28-26(34)38-18-8-9-20-17(14-18)6-3-11-27-20)25(33)30-13-10-22-24(30)23(32)16-31(22)39(36,37)19-7-4-12-29(35)15-19/h3-4,6-9,11-12,14-15,21-22,24H,2,5,10,13,16H2,1H3,(H,28,34). The van der Waals surface area contributed by atoms with Crippen LogP contribution >= 0.6 is 0 Å². The van der Waals surface area contributed by atoms with Crippen LogP contribution in [0, 0.1) is 5.21 Å². The first kappa shape index (κ1) is 26.5. The van der Waals surface area contributed by atoms with Gasteiger partial charge in [-0.2, -0.15) is 9.04 Å². The highest BCUT2D eigenvalue weighted by molar-refractivity contribution is 7.89. The lowest BCUT2D eigenvalue weighted by Gasteiger charge is -2.28. The molecule has 13 heteroatoms. The Bertz CT molecular complexity index is 1550. The Hall–Kier alpha value is -4.10. The number of carbonyl (C=O) groups is 3. The van der Waals surface area contributed by atoms with Crippen molar-refractivity contribution in [2.45, 2.75) is 49.2 Å². The number of nitrogens with one attached hydrogen (secondary N) is 1. The number of nitrogens with zero attached hydrogens (tertiary/aromatic N) is 4. The van der Waals surface area contributed by atoms with Crippen LogP contribution in [0.3, 0.4) is 0 Å². The van der Waals surface area contributed by atoms with Gasteiger partial charge < -0.3 is 20.2 Å². The molecule has 3 unspecified atom stereocenters. The van der Waals surface area contributed by atoms with Crippen molar-refractivity contribution in [3.63, 3.8) is 0 Å². The highest BCUT2D eigenvalue weighted by Gasteiger charge is 2.54. The van der Waals surface area contributed by atoms with Crippen LogP contribution in [0.15, 0.2) is 66.0 Å². The second-order valence-electron chi connectivity index (χ2n) is 9.48. The number of benzene rings is 1. The molecule has 204 valence electrons. The topological polar surface area (TPSA) is 153 Å². The van der Waals surface area contributed by atoms with Crippen LogP contribution in [0.4, 0.5) is 4.79 Å². The SMILES string of the molecule is CCCC(NC(=O)Oc1ccc2ncccc2c1)C(=O)N1CCC2C1C(=O)CN2S(=O)(=O)c1ccc[n+]([O-])c1. The summed E-state index contributed by atoms with van der Waals surface area (Å²) >= 11 is 0. The molecule has 2 saturated heterocycles. The minimum atomic E-state index is -4.14. The summed E-state index contributed by atoms with van der Waals surface area (Å²) in [5.74, 6) is -0.610. The highest BCUT2D eigenvalue weighted by Crippen LogP contribution is 2.34. The van der Waals surface area contributed by atoms with Crippen LogP contribution in [-0.2, 0) is 19.6 Å². The minimum absolute atomic E-state index is 0.150. The van der Waals surface area contributed by atoms with Crippen molar-refractivity contribution in [2.24, 2.45) is 0 Å². The largest absolute Gasteiger partial charge is 0.619 e. The number of fused-ring (bicyclic) bond motifs is 2. The first-order valence-corrected chi connectivity index (χ1v) is 14.0. The fraction of sp³-hybridized carbons (Fsp3) is 0.346. The summed E-state index contributed by atoms with van der Waals surface area (Å²) in [5.41, 5.74) is 0.740. The van der Waals surface area contributed by atoms with Gasteiger partial charge in [0.2, 0.25) is 15.9 Å². The van der Waals surface area contributed by atoms with E-state index < -0.39 is 52.5 Å². The first-order valence-electron chi connectivity index (χ1n) is 12.6. The Balaban J connectivity index is 1.30. The molecule has 3 aromatic rings. The number of likely N-dealkylation sites (tertiary alicyclic amines) is 1. The van der Waals surface area contributed by atoms with Gasteiger partial charge in [-0.1, -0.05) is 19.4 Å². The van der Waals surface area contributed by atoms with Gasteiger partial charge in [-0.3, -0.25) is 14.6 Å². The van der Waals surface area contributed by atoms with E-state index in [-0.39, 0.29) is 23.6 Å². The lowest BCUT2D eigenvalue weighted by molar-refractivity contribution is -0.607. The zero-order valence-corrected chi connectivity index (χ0v) is 21.9. The maximum absolute atomic E-state index is 13.5. The summed E-state index contributed by atoms with van der Waals surface area (Å²) in [7, 11) is -4.14. The normalized spacial score (nSPS) is 20.1. The monoisotopic (exact) mass is 553 g/mol. The molecule has 5 rings (SSSR count). The van der Waals surface area contributed by atoms with Gasteiger partial charge in [-0.15, -0.1) is 0 Å². The van der Waals surface area contributed by atoms with Crippen LogP contribution in [0.5, 0.6) is 5.75 Å². The van der Waals surface area contributed by atoms with Crippen LogP contribution < -0.4 is 14.8 Å². The molecule has 3 atom stereocenters. The van der Waals surface area contributed by atoms with Crippen molar-refractivity contribution in [3.8, 4) is 5.75 Å². The molecule has 2 aliphatic heterocycles. The number of hydrogen-bond acceptors (Lipinski definition) is 8. The molecule has 39 heavy (non-hydrogen) atoms. The van der Waals surface area contributed by atoms with Crippen molar-refractivity contribution in [3.05, 3.63) is 66.3 Å². The molecule has 4 heterocycles. The molecule has 1 aromatic carbocycles. The van der Waals surface area contributed by atoms with Crippen LogP contribution in [0.25, 0.3) is 10.9 Å². The van der Waals surface area contributed by atoms with E-state index in [0.717, 1.165) is 27.6 Å². The van der Waals surface area contributed by atoms with E-state index in [1.807, 2.05) is 13.0 Å². The van der Waals surface area contributed by atoms with Crippen LogP contribution in [0.1, 0.15) is 26.2 Å². The van der Waals surface area contributed by atoms with E-state index >= 15 is 0 Å². The molecule has 0 spiro atoms. The predicted octanol–water partition coefficient (Wildman–Crippen LogP) is 1.37. The van der Waals surface area contributed by atoms with Crippen molar-refractivity contribution < 1.29 is 32.3 Å². The predicted molar refractivity (Wildman–Crippen MR) is 138 cm³/mol. The Labute approximate surface area is 224 Å². The lowest BCUT2D eigenvalue weighted by Crippen LogP contribution is -2.53. The van der Waals surface area contributed by atoms with Gasteiger partial charge in [0.05, 0.1) is 18.1 Å². The number of rotatable bonds is 7. The van der Waals surface area contributed by atoms with Gasteiger partial charge in [0.25, 0.3) is 0 Å². The summed E-state index contributed by atoms with van der Waals surface area (Å²) in [6.45, 7) is 1.60. The first-order chi connectivity index (χ1) is 18.7. The van der Waals surface area contributed by atoms with Gasteiger partial charge in [0.1, 0.15) is 22.7 Å². The third-order valence-electron chi connectivity index (χ3n) is 6.97. The average molecular weight is 554 g/mol. The number of amides is 2. The number of sulfonamides is 1. The Kier molecular flexibility index (Phi) is 7.19. The van der Waals surface area contributed by atoms with E-state index in [0.29, 0.717) is 17.6 Å². The fourth-order valence-corrected chi connectivity index (χ4v) is 6.84. The van der Waals surface area contributed by atoms with Crippen LogP contribution in [0.2, 0.25) is 0 Å². The molecular weight excluding hydrogens is 526 g/mol. The molecule has 2 amide bonds. The molecule has 2 aromatic heterocycles. The second kappa shape index (κ2) is 10.6. The third kappa shape index (κ3) is 5.14. The van der Waals surface area contributed by atoms with E-state index in [2.05, 4.69) is 10.3 Å². The number of ketones is 1. The summed E-state index contributed by atoms with van der Waals surface area (Å²) in [6, 6.07) is 8.49. The zero-order chi connectivity index (χ0) is 27.7. The molecule has 0 aliphatic carbocycles. The maximum Gasteiger partial charge on any atom is 0.413 e. The smallest absolute Gasteiger partial charge is 0.413 e. The Morgan fingerprint density at radius 2 is 2.08 bits per heavy atom. The van der Waals surface area contributed by atoms with Gasteiger partial charge in [0.15, 0.2) is 18.2 Å². The average Bonchev–Trinajstić information content (AvgIpc) is 3.49. The van der Waals surface area contributed by atoms with Gasteiger partial charge in [0, 0.05) is 24.2 Å². The molecule has 12 nitrogen and oxygen atoms in total. The van der Waals surface area contributed by atoms with E-state index in [4.69, 9.17) is 4.74 Å². The fourth-order valence-electron chi connectivity index (χ4n) is 5.21. The molecule has 0 radical (unpaired) electrons. The van der Waals surface area contributed by atoms with Gasteiger partial charge >= 0.3 is 6.09 Å². The van der Waals surface area contributed by atoms with Crippen molar-refractivity contribution >= 4 is 38.7 Å². The van der Waals surface area contributed by atoms with E-state index in [9.17, 15) is 28.0 Å². The van der Waals surface area contributed by atoms with Gasteiger partial charge in [-0.05, 0) is 43.2 Å². The lowest BCUT2D eigenvalue weighted by atomic mass is 10.1. The number of aromatic nitrogens is 2. The number of pyridine rings is 2. The molecule has 0 saturated carbocycles. The molecule has 1 N–H and O–H groups in total. The number of carbonyl (C=O) groups excluding carboxylic acids is 3. The van der Waals surface area contributed by atoms with E-state index in [1.54, 1.807) is 30.5 Å². The number of hydrogen-bond donors (Lipinski definition) is 1. The second-order valence-corrected chi connectivity index (χ2v) is 11.4. The summed E-state index contributed by atoms with van der Waals surface area (Å²) in [5, 5.41) is 15.0. The molecule has 2 fully saturated rings. The van der Waals surface area contributed by atoms with Crippen molar-refractivity contribution in [1.82, 2.24) is 19.5 Å².